The monoisotopic (exact) mass is 456 g/mol. The summed E-state index contributed by atoms with van der Waals surface area (Å²) in [5.41, 5.74) is 6.51. The first-order valence-electron chi connectivity index (χ1n) is 13.2. The highest BCUT2D eigenvalue weighted by atomic mass is 19.1. The van der Waals surface area contributed by atoms with Gasteiger partial charge < -0.3 is 4.90 Å². The zero-order valence-corrected chi connectivity index (χ0v) is 21.1. The highest BCUT2D eigenvalue weighted by molar-refractivity contribution is 5.89. The fourth-order valence-electron chi connectivity index (χ4n) is 8.30. The zero-order valence-electron chi connectivity index (χ0n) is 21.1. The third-order valence-corrected chi connectivity index (χ3v) is 9.28. The van der Waals surface area contributed by atoms with Crippen molar-refractivity contribution >= 4 is 23.2 Å². The Morgan fingerprint density at radius 2 is 1.62 bits per heavy atom. The lowest BCUT2D eigenvalue weighted by atomic mass is 9.48. The topological polar surface area (TPSA) is 15.6 Å². The van der Waals surface area contributed by atoms with E-state index < -0.39 is 0 Å². The number of aliphatic imine (C=N–C) groups is 1. The average Bonchev–Trinajstić information content (AvgIpc) is 2.77. The van der Waals surface area contributed by atoms with Gasteiger partial charge in [-0.25, -0.2) is 4.39 Å². The summed E-state index contributed by atoms with van der Waals surface area (Å²) in [6.07, 6.45) is 12.5. The molecular weight excluding hydrogens is 419 g/mol. The molecule has 0 atom stereocenters. The van der Waals surface area contributed by atoms with Crippen LogP contribution >= 0.6 is 0 Å². The van der Waals surface area contributed by atoms with E-state index in [-0.39, 0.29) is 11.4 Å². The summed E-state index contributed by atoms with van der Waals surface area (Å²) in [4.78, 5) is 6.93. The molecule has 4 aliphatic carbocycles. The summed E-state index contributed by atoms with van der Waals surface area (Å²) >= 11 is 0. The van der Waals surface area contributed by atoms with Crippen molar-refractivity contribution < 1.29 is 4.39 Å². The fourth-order valence-corrected chi connectivity index (χ4v) is 8.30. The lowest BCUT2D eigenvalue weighted by Crippen LogP contribution is -2.48. The number of hydrogen-bond acceptors (Lipinski definition) is 2. The van der Waals surface area contributed by atoms with Crippen molar-refractivity contribution in [3.8, 4) is 0 Å². The van der Waals surface area contributed by atoms with Gasteiger partial charge in [-0.3, -0.25) is 4.99 Å². The van der Waals surface area contributed by atoms with Gasteiger partial charge in [-0.1, -0.05) is 18.2 Å². The quantitative estimate of drug-likeness (QED) is 0.425. The Morgan fingerprint density at radius 1 is 1.00 bits per heavy atom. The molecule has 0 radical (unpaired) electrons. The second kappa shape index (κ2) is 7.80. The van der Waals surface area contributed by atoms with Gasteiger partial charge in [0.25, 0.3) is 0 Å². The van der Waals surface area contributed by atoms with E-state index >= 15 is 4.39 Å². The number of nitrogens with zero attached hydrogens (tertiary/aromatic N) is 2. The smallest absolute Gasteiger partial charge is 0.134 e. The molecule has 2 aromatic rings. The van der Waals surface area contributed by atoms with Gasteiger partial charge in [0.1, 0.15) is 5.82 Å². The SMILES string of the molecule is CCN1c2cc(F)c(C=Nc3ccc(C45CC6CC(CC(C6)C4)C5)cc3)cc2C(C)=CC1(C)C. The van der Waals surface area contributed by atoms with E-state index in [0.717, 1.165) is 41.2 Å². The second-order valence-corrected chi connectivity index (χ2v) is 12.1. The third-order valence-electron chi connectivity index (χ3n) is 9.28. The molecule has 0 aromatic heterocycles. The van der Waals surface area contributed by atoms with E-state index in [1.165, 1.54) is 49.7 Å². The second-order valence-electron chi connectivity index (χ2n) is 12.1. The lowest BCUT2D eigenvalue weighted by molar-refractivity contribution is -0.00518. The van der Waals surface area contributed by atoms with Gasteiger partial charge in [0.2, 0.25) is 0 Å². The minimum absolute atomic E-state index is 0.119. The number of benzene rings is 2. The van der Waals surface area contributed by atoms with Gasteiger partial charge in [0.15, 0.2) is 0 Å². The molecule has 0 amide bonds. The van der Waals surface area contributed by atoms with Gasteiger partial charge in [-0.05, 0) is 125 Å². The van der Waals surface area contributed by atoms with Gasteiger partial charge in [0, 0.05) is 29.6 Å². The highest BCUT2D eigenvalue weighted by Gasteiger charge is 2.51. The van der Waals surface area contributed by atoms with Crippen molar-refractivity contribution in [2.45, 2.75) is 77.2 Å². The minimum Gasteiger partial charge on any atom is -0.363 e. The van der Waals surface area contributed by atoms with Crippen LogP contribution < -0.4 is 4.90 Å². The normalized spacial score (nSPS) is 31.1. The van der Waals surface area contributed by atoms with Crippen LogP contribution in [-0.2, 0) is 5.41 Å². The molecule has 7 rings (SSSR count). The summed E-state index contributed by atoms with van der Waals surface area (Å²) in [7, 11) is 0. The van der Waals surface area contributed by atoms with E-state index in [1.54, 1.807) is 12.3 Å². The van der Waals surface area contributed by atoms with Crippen LogP contribution in [0.5, 0.6) is 0 Å². The number of likely N-dealkylation sites (N-methyl/N-ethyl adjacent to an activating group) is 1. The number of anilines is 1. The van der Waals surface area contributed by atoms with Gasteiger partial charge in [0.05, 0.1) is 11.2 Å². The van der Waals surface area contributed by atoms with Crippen LogP contribution in [0.25, 0.3) is 5.57 Å². The molecule has 0 unspecified atom stereocenters. The molecule has 5 aliphatic rings. The summed E-state index contributed by atoms with van der Waals surface area (Å²) < 4.78 is 15.1. The van der Waals surface area contributed by atoms with E-state index in [0.29, 0.717) is 11.0 Å². The predicted octanol–water partition coefficient (Wildman–Crippen LogP) is 8.07. The maximum Gasteiger partial charge on any atom is 0.134 e. The summed E-state index contributed by atoms with van der Waals surface area (Å²) in [5, 5.41) is 0. The van der Waals surface area contributed by atoms with Crippen LogP contribution in [0.3, 0.4) is 0 Å². The largest absolute Gasteiger partial charge is 0.363 e. The third kappa shape index (κ3) is 3.54. The van der Waals surface area contributed by atoms with Crippen LogP contribution in [0.1, 0.15) is 82.9 Å². The van der Waals surface area contributed by atoms with Crippen molar-refractivity contribution in [1.29, 1.82) is 0 Å². The van der Waals surface area contributed by atoms with Gasteiger partial charge in [-0.2, -0.15) is 0 Å². The van der Waals surface area contributed by atoms with Crippen LogP contribution in [0.4, 0.5) is 15.8 Å². The summed E-state index contributed by atoms with van der Waals surface area (Å²) in [6, 6.07) is 12.5. The number of hydrogen-bond donors (Lipinski definition) is 0. The lowest BCUT2D eigenvalue weighted by Gasteiger charge is -2.57. The Hall–Kier alpha value is -2.42. The summed E-state index contributed by atoms with van der Waals surface area (Å²) in [6.45, 7) is 9.45. The standard InChI is InChI=1S/C31H37FN2/c1-5-34-29-14-28(32)24(13-27(29)20(2)15-30(34,3)4)19-33-26-8-6-25(7-9-26)31-16-21-10-22(17-31)12-23(11-21)18-31/h6-9,13-15,19,21-23H,5,10-12,16-18H2,1-4H3. The number of rotatable bonds is 4. The molecule has 0 N–H and O–H groups in total. The van der Waals surface area contributed by atoms with Crippen molar-refractivity contribution in [2.75, 3.05) is 11.4 Å². The first-order chi connectivity index (χ1) is 16.3. The summed E-state index contributed by atoms with van der Waals surface area (Å²) in [5.74, 6) is 2.63. The highest BCUT2D eigenvalue weighted by Crippen LogP contribution is 2.60. The fraction of sp³-hybridized carbons (Fsp3) is 0.516. The van der Waals surface area contributed by atoms with Crippen LogP contribution in [0, 0.1) is 23.6 Å². The zero-order chi connectivity index (χ0) is 23.7. The molecule has 0 spiro atoms. The molecular formula is C31H37FN2. The molecule has 2 aromatic carbocycles. The maximum absolute atomic E-state index is 15.1. The number of fused-ring (bicyclic) bond motifs is 1. The number of halogens is 1. The Morgan fingerprint density at radius 3 is 2.21 bits per heavy atom. The van der Waals surface area contributed by atoms with Crippen LogP contribution in [0.2, 0.25) is 0 Å². The first kappa shape index (κ1) is 22.1. The molecule has 3 heteroatoms. The first-order valence-corrected chi connectivity index (χ1v) is 13.2. The van der Waals surface area contributed by atoms with E-state index in [2.05, 4.69) is 67.9 Å². The van der Waals surface area contributed by atoms with Gasteiger partial charge in [-0.15, -0.1) is 0 Å². The molecule has 178 valence electrons. The van der Waals surface area contributed by atoms with Crippen molar-refractivity contribution in [3.63, 3.8) is 0 Å². The predicted molar refractivity (Wildman–Crippen MR) is 141 cm³/mol. The van der Waals surface area contributed by atoms with Crippen molar-refractivity contribution in [3.05, 3.63) is 65.0 Å². The van der Waals surface area contributed by atoms with Crippen molar-refractivity contribution in [1.82, 2.24) is 0 Å². The molecule has 4 bridgehead atoms. The van der Waals surface area contributed by atoms with E-state index in [9.17, 15) is 0 Å². The molecule has 0 saturated heterocycles. The molecule has 2 nitrogen and oxygen atoms in total. The molecule has 4 fully saturated rings. The molecule has 1 heterocycles. The molecule has 34 heavy (non-hydrogen) atoms. The number of allylic oxidation sites excluding steroid dienone is 1. The van der Waals surface area contributed by atoms with E-state index in [1.807, 2.05) is 6.07 Å². The maximum atomic E-state index is 15.1. The Balaban J connectivity index is 1.25. The molecule has 1 aliphatic heterocycles. The Labute approximate surface area is 204 Å². The van der Waals surface area contributed by atoms with Crippen LogP contribution in [-0.4, -0.2) is 18.3 Å². The van der Waals surface area contributed by atoms with Crippen molar-refractivity contribution in [2.24, 2.45) is 22.7 Å². The molecule has 4 saturated carbocycles. The Kier molecular flexibility index (Phi) is 5.06. The van der Waals surface area contributed by atoms with Gasteiger partial charge >= 0.3 is 0 Å². The Bertz CT molecular complexity index is 1140. The van der Waals surface area contributed by atoms with Crippen LogP contribution in [0.15, 0.2) is 47.5 Å². The van der Waals surface area contributed by atoms with E-state index in [4.69, 9.17) is 0 Å². The minimum atomic E-state index is -0.211. The average molecular weight is 457 g/mol.